The van der Waals surface area contributed by atoms with E-state index in [0.717, 1.165) is 13.1 Å². The number of hydrogen-bond donors (Lipinski definition) is 0. The number of aryl methyl sites for hydroxylation is 6. The first-order valence-electron chi connectivity index (χ1n) is 12.2. The van der Waals surface area contributed by atoms with Crippen molar-refractivity contribution in [3.63, 3.8) is 0 Å². The Morgan fingerprint density at radius 1 is 0.868 bits per heavy atom. The predicted molar refractivity (Wildman–Crippen MR) is 158 cm³/mol. The largest absolute Gasteiger partial charge is 0.502 e. The molecule has 3 aromatic carbocycles. The first-order chi connectivity index (χ1) is 17.9. The summed E-state index contributed by atoms with van der Waals surface area (Å²) in [7, 11) is 13.0. The Balaban J connectivity index is 0.000000232. The van der Waals surface area contributed by atoms with Gasteiger partial charge >= 0.3 is 99.6 Å². The van der Waals surface area contributed by atoms with Gasteiger partial charge in [0, 0.05) is 24.5 Å². The Labute approximate surface area is 238 Å². The number of anilines is 2. The maximum atomic E-state index is 10.5. The van der Waals surface area contributed by atoms with Crippen molar-refractivity contribution < 1.29 is 23.2 Å². The molecule has 206 valence electrons. The van der Waals surface area contributed by atoms with Gasteiger partial charge in [0.05, 0.1) is 0 Å². The molecule has 1 fully saturated rings. The number of halogens is 2. The minimum absolute atomic E-state index is 0.0115. The van der Waals surface area contributed by atoms with Crippen LogP contribution in [-0.4, -0.2) is 34.5 Å². The van der Waals surface area contributed by atoms with Crippen LogP contribution in [0.4, 0.5) is 17.1 Å². The molecule has 0 bridgehead atoms. The fourth-order valence-corrected chi connectivity index (χ4v) is 6.91. The summed E-state index contributed by atoms with van der Waals surface area (Å²) in [5.74, 6) is 0.653. The molecule has 38 heavy (non-hydrogen) atoms. The van der Waals surface area contributed by atoms with E-state index in [2.05, 4.69) is 87.0 Å². The standard InChI is InChI=1S/C21H27N2.C8H7NO3.2ClH.Ru/c1-14-9-16(3)20(17(4)10-14)22-7-8-23(13-22)21-18(5)11-15(2)12-19(21)6;1-6-5-7(9(10)11)3-4-8(6)12-2;;;/h9-13H,7-8H2,1-6H3;1,3-5H,2H3;2*1H;/q-1;;;;+2/p-1. The monoisotopic (exact) mass is 645 g/mol. The third-order valence-corrected chi connectivity index (χ3v) is 8.19. The Morgan fingerprint density at radius 2 is 1.32 bits per heavy atom. The van der Waals surface area contributed by atoms with Gasteiger partial charge < -0.3 is 9.80 Å². The van der Waals surface area contributed by atoms with Gasteiger partial charge in [-0.25, -0.2) is 0 Å². The van der Waals surface area contributed by atoms with Gasteiger partial charge in [-0.05, 0) is 63.8 Å². The topological polar surface area (TPSA) is 62.4 Å². The van der Waals surface area contributed by atoms with Crippen LogP contribution in [0.1, 0.15) is 38.9 Å². The molecule has 0 saturated carbocycles. The molecule has 3 aromatic rings. The number of nitrogens with zero attached hydrogens (tertiary/aromatic N) is 3. The molecule has 0 aromatic heterocycles. The summed E-state index contributed by atoms with van der Waals surface area (Å²) in [6, 6.07) is 13.5. The van der Waals surface area contributed by atoms with Crippen LogP contribution in [0, 0.1) is 58.3 Å². The molecule has 1 heterocycles. The minimum Gasteiger partial charge on any atom is -0.502 e. The average Bonchev–Trinajstić information content (AvgIpc) is 3.26. The number of ether oxygens (including phenoxy) is 1. The normalized spacial score (nSPS) is 13.1. The number of aliphatic hydroxyl groups is 1. The van der Waals surface area contributed by atoms with E-state index in [1.807, 2.05) is 0 Å². The van der Waals surface area contributed by atoms with Crippen molar-refractivity contribution in [2.45, 2.75) is 41.5 Å². The van der Waals surface area contributed by atoms with Crippen LogP contribution in [-0.2, 0) is 13.5 Å². The molecule has 0 spiro atoms. The average molecular weight is 646 g/mol. The Hall–Kier alpha value is -2.47. The van der Waals surface area contributed by atoms with Gasteiger partial charge in [0.2, 0.25) is 0 Å². The fraction of sp³-hybridized carbons (Fsp3) is 0.310. The summed E-state index contributed by atoms with van der Waals surface area (Å²) in [5, 5.41) is 10.5. The molecule has 6 nitrogen and oxygen atoms in total. The van der Waals surface area contributed by atoms with Crippen molar-refractivity contribution in [2.75, 3.05) is 30.0 Å². The van der Waals surface area contributed by atoms with Gasteiger partial charge in [-0.1, -0.05) is 35.4 Å². The molecule has 1 N–H and O–H groups in total. The van der Waals surface area contributed by atoms with Crippen LogP contribution >= 0.6 is 19.4 Å². The number of nitro groups is 1. The molecule has 1 aliphatic rings. The van der Waals surface area contributed by atoms with Gasteiger partial charge in [0.1, 0.15) is 0 Å². The second-order valence-corrected chi connectivity index (χ2v) is 15.3. The summed E-state index contributed by atoms with van der Waals surface area (Å²) in [4.78, 5) is 14.9. The number of nitro benzene ring substituents is 1. The van der Waals surface area contributed by atoms with Crippen LogP contribution in [0.2, 0.25) is 0 Å². The van der Waals surface area contributed by atoms with E-state index in [9.17, 15) is 10.1 Å². The number of hydrogen-bond acceptors (Lipinski definition) is 4. The third-order valence-electron chi connectivity index (χ3n) is 6.36. The van der Waals surface area contributed by atoms with Crippen molar-refractivity contribution in [3.8, 4) is 5.75 Å². The molecule has 0 amide bonds. The molecular weight excluding hydrogens is 610 g/mol. The summed E-state index contributed by atoms with van der Waals surface area (Å²) in [5.41, 5.74) is 11.5. The molecule has 1 aliphatic heterocycles. The zero-order chi connectivity index (χ0) is 28.1. The van der Waals surface area contributed by atoms with E-state index in [1.54, 1.807) is 17.8 Å². The van der Waals surface area contributed by atoms with Gasteiger partial charge in [0.25, 0.3) is 0 Å². The molecular formula is C29H35Cl2N3O3Ru. The summed E-state index contributed by atoms with van der Waals surface area (Å²) >= 11 is -1.99. The smallest absolute Gasteiger partial charge is 0.0146 e. The molecule has 0 aliphatic carbocycles. The van der Waals surface area contributed by atoms with E-state index >= 15 is 0 Å². The SMILES string of the molecule is C[OH+]c1ccc([N+](=O)[O-])cc1[CH]=[Ru]([Cl])[Cl].Cc1cc(C)c(N2[CH-]N(c3c(C)cc(C)cc3C)CC2)c(C)c1. The zero-order valence-electron chi connectivity index (χ0n) is 22.8. The third kappa shape index (κ3) is 7.34. The Bertz CT molecular complexity index is 1260. The van der Waals surface area contributed by atoms with Gasteiger partial charge in [-0.3, -0.25) is 0 Å². The molecule has 0 atom stereocenters. The first-order valence-corrected chi connectivity index (χ1v) is 17.6. The summed E-state index contributed by atoms with van der Waals surface area (Å²) in [6.07, 6.45) is 0. The first kappa shape index (κ1) is 30.1. The van der Waals surface area contributed by atoms with E-state index in [4.69, 9.17) is 19.4 Å². The summed E-state index contributed by atoms with van der Waals surface area (Å²) in [6.45, 7) is 17.6. The molecule has 9 heteroatoms. The van der Waals surface area contributed by atoms with Crippen LogP contribution < -0.4 is 9.80 Å². The van der Waals surface area contributed by atoms with Crippen molar-refractivity contribution in [3.05, 3.63) is 98.2 Å². The second kappa shape index (κ2) is 13.1. The van der Waals surface area contributed by atoms with Crippen molar-refractivity contribution in [1.82, 2.24) is 0 Å². The van der Waals surface area contributed by atoms with Crippen LogP contribution in [0.15, 0.2) is 42.5 Å². The second-order valence-electron chi connectivity index (χ2n) is 9.53. The van der Waals surface area contributed by atoms with E-state index in [-0.39, 0.29) is 5.69 Å². The van der Waals surface area contributed by atoms with Crippen LogP contribution in [0.5, 0.6) is 5.75 Å². The molecule has 4 rings (SSSR count). The maximum absolute atomic E-state index is 10.5. The maximum Gasteiger partial charge on any atom is 0.0146 e. The minimum atomic E-state index is -1.99. The summed E-state index contributed by atoms with van der Waals surface area (Å²) < 4.78 is 5.62. The number of aromatic hydroxyl groups is 1. The van der Waals surface area contributed by atoms with Crippen molar-refractivity contribution >= 4 is 41.1 Å². The predicted octanol–water partition coefficient (Wildman–Crippen LogP) is 7.53. The van der Waals surface area contributed by atoms with E-state index in [0.29, 0.717) is 11.3 Å². The van der Waals surface area contributed by atoms with Crippen LogP contribution in [0.25, 0.3) is 0 Å². The number of rotatable bonds is 5. The van der Waals surface area contributed by atoms with Gasteiger partial charge in [-0.15, -0.1) is 0 Å². The Kier molecular flexibility index (Phi) is 10.3. The van der Waals surface area contributed by atoms with Gasteiger partial charge in [0.15, 0.2) is 0 Å². The number of non-ortho nitro benzene ring substituents is 1. The molecule has 0 unspecified atom stereocenters. The zero-order valence-corrected chi connectivity index (χ0v) is 26.1. The fourth-order valence-electron chi connectivity index (χ4n) is 5.11. The quantitative estimate of drug-likeness (QED) is 0.0947. The van der Waals surface area contributed by atoms with Crippen LogP contribution in [0.3, 0.4) is 0 Å². The number of benzene rings is 3. The van der Waals surface area contributed by atoms with E-state index in [1.165, 1.54) is 56.9 Å². The van der Waals surface area contributed by atoms with E-state index < -0.39 is 18.4 Å². The van der Waals surface area contributed by atoms with Crippen molar-refractivity contribution in [1.29, 1.82) is 0 Å². The van der Waals surface area contributed by atoms with Crippen molar-refractivity contribution in [2.24, 2.45) is 0 Å². The molecule has 0 radical (unpaired) electrons. The Morgan fingerprint density at radius 3 is 1.68 bits per heavy atom. The van der Waals surface area contributed by atoms with Gasteiger partial charge in [-0.2, -0.15) is 6.67 Å². The molecule has 1 saturated heterocycles.